The zero-order valence-electron chi connectivity index (χ0n) is 31.1. The van der Waals surface area contributed by atoms with Crippen LogP contribution in [0.1, 0.15) is 27.7 Å². The second kappa shape index (κ2) is 19.5. The molecule has 288 valence electrons. The molecular formula is C38H34FeLiN8O9+. The van der Waals surface area contributed by atoms with Crippen molar-refractivity contribution in [1.29, 1.82) is 0 Å². The Hall–Kier alpha value is -6.28. The third-order valence-electron chi connectivity index (χ3n) is 8.09. The van der Waals surface area contributed by atoms with Crippen LogP contribution >= 0.6 is 0 Å². The summed E-state index contributed by atoms with van der Waals surface area (Å²) in [5.41, 5.74) is -1.71. The summed E-state index contributed by atoms with van der Waals surface area (Å²) in [6.07, 6.45) is 0. The molecule has 0 saturated carbocycles. The average molecular weight is 810 g/mol. The van der Waals surface area contributed by atoms with Crippen molar-refractivity contribution in [1.82, 2.24) is 0 Å². The maximum atomic E-state index is 12.7. The number of nitrogens with one attached hydrogen (secondary N) is 4. The van der Waals surface area contributed by atoms with Gasteiger partial charge in [-0.3, -0.25) is 19.2 Å². The Morgan fingerprint density at radius 3 is 0.982 bits per heavy atom. The van der Waals surface area contributed by atoms with Crippen molar-refractivity contribution in [3.63, 3.8) is 0 Å². The zero-order valence-corrected chi connectivity index (χ0v) is 32.3. The molecule has 6 rings (SSSR count). The van der Waals surface area contributed by atoms with Crippen molar-refractivity contribution in [3.8, 4) is 0 Å². The van der Waals surface area contributed by atoms with Crippen LogP contribution in [0, 0.1) is 10.8 Å². The molecule has 0 radical (unpaired) electrons. The van der Waals surface area contributed by atoms with E-state index >= 15 is 0 Å². The first-order chi connectivity index (χ1) is 25.6. The molecule has 2 aliphatic rings. The molecule has 19 heteroatoms. The van der Waals surface area contributed by atoms with Crippen LogP contribution in [-0.2, 0) is 55.4 Å². The molecule has 4 aromatic carbocycles. The van der Waals surface area contributed by atoms with E-state index in [9.17, 15) is 38.4 Å². The molecule has 4 aromatic rings. The van der Waals surface area contributed by atoms with Crippen LogP contribution in [-0.4, -0.2) is 52.7 Å². The summed E-state index contributed by atoms with van der Waals surface area (Å²) >= 11 is 0. The molecule has 0 aliphatic carbocycles. The van der Waals surface area contributed by atoms with E-state index in [0.29, 0.717) is 0 Å². The first kappa shape index (κ1) is 46.9. The van der Waals surface area contributed by atoms with E-state index in [2.05, 4.69) is 42.5 Å². The van der Waals surface area contributed by atoms with E-state index in [0.717, 1.165) is 0 Å². The first-order valence-electron chi connectivity index (χ1n) is 16.2. The first-order valence-corrected chi connectivity index (χ1v) is 16.2. The minimum absolute atomic E-state index is 0. The van der Waals surface area contributed by atoms with Gasteiger partial charge in [0.25, 0.3) is 0 Å². The van der Waals surface area contributed by atoms with Gasteiger partial charge in [0.05, 0.1) is 34.6 Å². The third-order valence-corrected chi connectivity index (χ3v) is 8.09. The van der Waals surface area contributed by atoms with E-state index in [1.807, 2.05) is 0 Å². The third kappa shape index (κ3) is 10.9. The summed E-state index contributed by atoms with van der Waals surface area (Å²) in [4.78, 5) is 99.3. The number of hydrogen-bond acceptors (Lipinski definition) is 8. The molecule has 17 nitrogen and oxygen atoms in total. The Morgan fingerprint density at radius 2 is 0.667 bits per heavy atom. The van der Waals surface area contributed by atoms with Gasteiger partial charge < -0.3 is 67.2 Å². The van der Waals surface area contributed by atoms with E-state index < -0.39 is 58.1 Å². The number of nitrogens with zero attached hydrogens (tertiary/aromatic N) is 4. The van der Waals surface area contributed by atoms with E-state index in [4.69, 9.17) is 0 Å². The van der Waals surface area contributed by atoms with Gasteiger partial charge in [-0.2, -0.15) is 0 Å². The Kier molecular flexibility index (Phi) is 16.1. The van der Waals surface area contributed by atoms with Crippen LogP contribution in [0.4, 0.5) is 45.5 Å². The number of hydrogen-bond donors (Lipinski definition) is 4. The van der Waals surface area contributed by atoms with Gasteiger partial charge in [-0.25, -0.2) is 0 Å². The summed E-state index contributed by atoms with van der Waals surface area (Å²) < 4.78 is 0. The molecule has 57 heavy (non-hydrogen) atoms. The zero-order chi connectivity index (χ0) is 39.2. The number of amides is 8. The van der Waals surface area contributed by atoms with Gasteiger partial charge in [-0.1, -0.05) is 72.8 Å². The van der Waals surface area contributed by atoms with Gasteiger partial charge in [0.1, 0.15) is 17.2 Å². The van der Waals surface area contributed by atoms with Crippen molar-refractivity contribution < 1.29 is 79.8 Å². The van der Waals surface area contributed by atoms with Gasteiger partial charge in [-0.15, -0.1) is 22.7 Å². The topological polar surface area (TPSA) is 273 Å². The molecule has 6 N–H and O–H groups in total. The minimum Gasteiger partial charge on any atom is -0.627 e. The molecule has 0 bridgehead atoms. The van der Waals surface area contributed by atoms with Gasteiger partial charge in [0, 0.05) is 5.41 Å². The maximum Gasteiger partial charge on any atom is 4.00 e. The number of rotatable bonds is 0. The van der Waals surface area contributed by atoms with Crippen molar-refractivity contribution in [2.75, 3.05) is 21.3 Å². The molecule has 2 heterocycles. The SMILES string of the molecule is CC1(C)C(=O)Nc2ccccc2NC(=O)C(=O)Nc2ccccc2NC1=O.CC1(C)C(=O)[N-]c2ccccc2[N-]C(=O)C(=O)[N-]c2ccccc2[N-]C1=O.O.[Fe+4].[Li+]. The molecule has 0 aromatic heterocycles. The predicted molar refractivity (Wildman–Crippen MR) is 204 cm³/mol. The van der Waals surface area contributed by atoms with Crippen molar-refractivity contribution >= 4 is 92.8 Å². The Labute approximate surface area is 349 Å². The molecule has 0 unspecified atom stereocenters. The molecule has 0 saturated heterocycles. The molecule has 2 aliphatic heterocycles. The predicted octanol–water partition coefficient (Wildman–Crippen LogP) is 2.91. The maximum absolute atomic E-state index is 12.7. The van der Waals surface area contributed by atoms with Gasteiger partial charge in [0.2, 0.25) is 11.8 Å². The van der Waals surface area contributed by atoms with Crippen LogP contribution in [0.3, 0.4) is 0 Å². The van der Waals surface area contributed by atoms with Crippen molar-refractivity contribution in [2.45, 2.75) is 27.7 Å². The van der Waals surface area contributed by atoms with Crippen molar-refractivity contribution in [2.24, 2.45) is 10.8 Å². The van der Waals surface area contributed by atoms with Gasteiger partial charge >= 0.3 is 47.7 Å². The smallest absolute Gasteiger partial charge is 0.627 e. The monoisotopic (exact) mass is 809 g/mol. The summed E-state index contributed by atoms with van der Waals surface area (Å²) in [7, 11) is 0. The van der Waals surface area contributed by atoms with Crippen LogP contribution in [0.15, 0.2) is 97.1 Å². The summed E-state index contributed by atoms with van der Waals surface area (Å²) in [6.45, 7) is 5.78. The number of carbonyl (C=O) groups is 8. The van der Waals surface area contributed by atoms with Crippen LogP contribution in [0.5, 0.6) is 0 Å². The fourth-order valence-corrected chi connectivity index (χ4v) is 4.63. The largest absolute Gasteiger partial charge is 4.00 e. The molecule has 0 fully saturated rings. The van der Waals surface area contributed by atoms with E-state index in [1.54, 1.807) is 72.8 Å². The summed E-state index contributed by atoms with van der Waals surface area (Å²) in [5.74, 6) is -6.66. The second-order valence-electron chi connectivity index (χ2n) is 12.8. The Morgan fingerprint density at radius 1 is 0.404 bits per heavy atom. The number of carbonyl (C=O) groups excluding carboxylic acids is 8. The molecule has 8 amide bonds. The molecular weight excluding hydrogens is 775 g/mol. The minimum atomic E-state index is -1.55. The number of anilines is 4. The summed E-state index contributed by atoms with van der Waals surface area (Å²) in [5, 5.41) is 25.5. The Balaban J connectivity index is 0.000000374. The second-order valence-corrected chi connectivity index (χ2v) is 12.8. The van der Waals surface area contributed by atoms with E-state index in [1.165, 1.54) is 52.0 Å². The molecule has 0 atom stereocenters. The summed E-state index contributed by atoms with van der Waals surface area (Å²) in [6, 6.07) is 25.0. The average Bonchev–Trinajstić information content (AvgIpc) is 3.14. The Bertz CT molecular complexity index is 1930. The van der Waals surface area contributed by atoms with Crippen LogP contribution in [0.2, 0.25) is 0 Å². The van der Waals surface area contributed by atoms with Gasteiger partial charge in [-0.05, 0) is 52.0 Å². The fraction of sp³-hybridized carbons (Fsp3) is 0.158. The number of para-hydroxylation sites is 8. The van der Waals surface area contributed by atoms with Crippen LogP contribution in [0.25, 0.3) is 21.3 Å². The quantitative estimate of drug-likeness (QED) is 0.116. The normalized spacial score (nSPS) is 15.9. The number of fused-ring (bicyclic) bond motifs is 4. The molecule has 0 spiro atoms. The van der Waals surface area contributed by atoms with Gasteiger partial charge in [0.15, 0.2) is 0 Å². The van der Waals surface area contributed by atoms with Crippen molar-refractivity contribution in [3.05, 3.63) is 118 Å². The van der Waals surface area contributed by atoms with E-state index in [-0.39, 0.29) is 86.9 Å². The van der Waals surface area contributed by atoms with Crippen LogP contribution < -0.4 is 40.1 Å². The fourth-order valence-electron chi connectivity index (χ4n) is 4.63. The number of benzene rings is 4. The standard InChI is InChI=1S/2C19H18N4O4.Fe.Li.H2O/c2*1-19(2)17(26)22-13-9-5-3-7-11(13)20-15(24)16(25)21-12-8-4-6-10-14(12)23-18(19)27;;;/h3-10H,1-2H3,(H,20,24)(H,21,25)(H,22,26)(H,23,27);3-10H,1-2H3,(H4,20,21,22,23,24,25,26,27);;;1H2/q;;+4;+1;/p-4.